The maximum Gasteiger partial charge on any atom is 0.350 e. The zero-order valence-corrected chi connectivity index (χ0v) is 20.7. The fourth-order valence-corrected chi connectivity index (χ4v) is 5.35. The van der Waals surface area contributed by atoms with Crippen molar-refractivity contribution in [2.45, 2.75) is 13.0 Å². The first-order valence-corrected chi connectivity index (χ1v) is 12.0. The molecule has 0 radical (unpaired) electrons. The number of Topliss-reactive ketones (excluding diaryl/α,β-unsaturated/α-hetero) is 1. The molecule has 0 bridgehead atoms. The van der Waals surface area contributed by atoms with E-state index in [2.05, 4.69) is 4.98 Å². The lowest BCUT2D eigenvalue weighted by molar-refractivity contribution is -0.132. The number of hydrogen-bond donors (Lipinski definition) is 1. The minimum atomic E-state index is -1.05. The molecule has 2 aromatic carbocycles. The molecule has 36 heavy (non-hydrogen) atoms. The van der Waals surface area contributed by atoms with Crippen LogP contribution >= 0.6 is 22.9 Å². The van der Waals surface area contributed by atoms with Crippen LogP contribution in [0.4, 0.5) is 5.13 Å². The summed E-state index contributed by atoms with van der Waals surface area (Å²) in [6.45, 7) is 2.35. The standard InChI is InChI=1S/C25H19ClN2O7S/c1-12-22(24(32)33-2)36-25(27-12)28-19(13-4-3-5-15(26)10-13)18(21(30)23(28)31)20(29)14-6-7-16-17(11-14)35-9-8-34-16/h3-7,10-11,19,29H,8-9H2,1-2H3/b20-18+/t19-/m1/s1. The number of methoxy groups -OCH3 is 1. The lowest BCUT2D eigenvalue weighted by Gasteiger charge is -2.23. The Kier molecular flexibility index (Phi) is 6.15. The number of carbonyl (C=O) groups is 3. The number of fused-ring (bicyclic) bond motifs is 1. The number of aryl methyl sites for hydroxylation is 1. The van der Waals surface area contributed by atoms with E-state index in [1.54, 1.807) is 49.4 Å². The van der Waals surface area contributed by atoms with Crippen LogP contribution in [-0.4, -0.2) is 48.1 Å². The number of carbonyl (C=O) groups excluding carboxylic acids is 3. The summed E-state index contributed by atoms with van der Waals surface area (Å²) in [6, 6.07) is 10.3. The van der Waals surface area contributed by atoms with Gasteiger partial charge in [-0.1, -0.05) is 35.1 Å². The number of aliphatic hydroxyl groups excluding tert-OH is 1. The van der Waals surface area contributed by atoms with Gasteiger partial charge in [-0.25, -0.2) is 9.78 Å². The number of hydrogen-bond acceptors (Lipinski definition) is 9. The van der Waals surface area contributed by atoms with E-state index < -0.39 is 23.7 Å². The van der Waals surface area contributed by atoms with Crippen molar-refractivity contribution in [3.63, 3.8) is 0 Å². The molecule has 5 rings (SSSR count). The zero-order valence-electron chi connectivity index (χ0n) is 19.1. The maximum atomic E-state index is 13.3. The Morgan fingerprint density at radius 1 is 1.17 bits per heavy atom. The van der Waals surface area contributed by atoms with Gasteiger partial charge in [0.2, 0.25) is 0 Å². The molecule has 9 nitrogen and oxygen atoms in total. The Morgan fingerprint density at radius 2 is 1.92 bits per heavy atom. The number of thiazole rings is 1. The molecular formula is C25H19ClN2O7S. The van der Waals surface area contributed by atoms with Crippen molar-refractivity contribution >= 4 is 51.5 Å². The van der Waals surface area contributed by atoms with Gasteiger partial charge in [-0.2, -0.15) is 0 Å². The van der Waals surface area contributed by atoms with E-state index in [0.29, 0.717) is 41.0 Å². The normalized spacial score (nSPS) is 18.4. The highest BCUT2D eigenvalue weighted by Gasteiger charge is 2.48. The zero-order chi connectivity index (χ0) is 25.6. The minimum Gasteiger partial charge on any atom is -0.507 e. The molecule has 1 saturated heterocycles. The summed E-state index contributed by atoms with van der Waals surface area (Å²) in [5.41, 5.74) is 0.954. The number of aliphatic hydroxyl groups is 1. The van der Waals surface area contributed by atoms with Crippen LogP contribution < -0.4 is 14.4 Å². The lowest BCUT2D eigenvalue weighted by atomic mass is 9.95. The van der Waals surface area contributed by atoms with Gasteiger partial charge in [0.1, 0.15) is 23.9 Å². The number of ether oxygens (including phenoxy) is 3. The molecule has 1 atom stereocenters. The highest BCUT2D eigenvalue weighted by Crippen LogP contribution is 2.45. The number of ketones is 1. The fraction of sp³-hybridized carbons (Fsp3) is 0.200. The summed E-state index contributed by atoms with van der Waals surface area (Å²) in [5, 5.41) is 11.8. The number of amides is 1. The van der Waals surface area contributed by atoms with Crippen molar-refractivity contribution in [1.82, 2.24) is 4.98 Å². The summed E-state index contributed by atoms with van der Waals surface area (Å²) in [7, 11) is 1.24. The van der Waals surface area contributed by atoms with Gasteiger partial charge in [0.25, 0.3) is 5.78 Å². The van der Waals surface area contributed by atoms with E-state index in [-0.39, 0.29) is 26.9 Å². The molecule has 3 heterocycles. The molecule has 0 spiro atoms. The van der Waals surface area contributed by atoms with Crippen LogP contribution in [0.3, 0.4) is 0 Å². The number of nitrogens with zero attached hydrogens (tertiary/aromatic N) is 2. The molecule has 1 fully saturated rings. The number of anilines is 1. The largest absolute Gasteiger partial charge is 0.507 e. The summed E-state index contributed by atoms with van der Waals surface area (Å²) < 4.78 is 15.9. The average molecular weight is 527 g/mol. The van der Waals surface area contributed by atoms with Crippen molar-refractivity contribution in [3.8, 4) is 11.5 Å². The minimum absolute atomic E-state index is 0.112. The van der Waals surface area contributed by atoms with E-state index in [1.807, 2.05) is 0 Å². The van der Waals surface area contributed by atoms with E-state index >= 15 is 0 Å². The third kappa shape index (κ3) is 3.98. The van der Waals surface area contributed by atoms with Gasteiger partial charge < -0.3 is 19.3 Å². The van der Waals surface area contributed by atoms with Crippen molar-refractivity contribution in [3.05, 3.63) is 74.8 Å². The van der Waals surface area contributed by atoms with E-state index in [4.69, 9.17) is 25.8 Å². The van der Waals surface area contributed by atoms with Gasteiger partial charge in [0.05, 0.1) is 24.4 Å². The predicted octanol–water partition coefficient (Wildman–Crippen LogP) is 4.29. The first-order chi connectivity index (χ1) is 17.3. The van der Waals surface area contributed by atoms with Crippen molar-refractivity contribution in [1.29, 1.82) is 0 Å². The third-order valence-electron chi connectivity index (χ3n) is 5.79. The Labute approximate surface area is 214 Å². The molecule has 0 aliphatic carbocycles. The van der Waals surface area contributed by atoms with Crippen LogP contribution in [0.2, 0.25) is 5.02 Å². The van der Waals surface area contributed by atoms with Crippen LogP contribution in [0.25, 0.3) is 5.76 Å². The van der Waals surface area contributed by atoms with Gasteiger partial charge in [-0.15, -0.1) is 0 Å². The molecule has 1 aromatic heterocycles. The topological polar surface area (TPSA) is 115 Å². The highest BCUT2D eigenvalue weighted by molar-refractivity contribution is 7.17. The van der Waals surface area contributed by atoms with Crippen LogP contribution in [0.5, 0.6) is 11.5 Å². The van der Waals surface area contributed by atoms with Gasteiger partial charge in [0.15, 0.2) is 16.6 Å². The molecule has 3 aromatic rings. The summed E-state index contributed by atoms with van der Waals surface area (Å²) in [6.07, 6.45) is 0. The maximum absolute atomic E-state index is 13.3. The summed E-state index contributed by atoms with van der Waals surface area (Å²) in [5.74, 6) is -1.87. The molecule has 11 heteroatoms. The molecular weight excluding hydrogens is 508 g/mol. The number of benzene rings is 2. The molecule has 2 aliphatic heterocycles. The van der Waals surface area contributed by atoms with Crippen molar-refractivity contribution in [2.75, 3.05) is 25.2 Å². The molecule has 2 aliphatic rings. The number of aromatic nitrogens is 1. The second-order valence-corrected chi connectivity index (χ2v) is 9.40. The molecule has 0 unspecified atom stereocenters. The molecule has 1 amide bonds. The predicted molar refractivity (Wildman–Crippen MR) is 132 cm³/mol. The molecule has 184 valence electrons. The summed E-state index contributed by atoms with van der Waals surface area (Å²) >= 11 is 7.15. The van der Waals surface area contributed by atoms with E-state index in [0.717, 1.165) is 11.3 Å². The smallest absolute Gasteiger partial charge is 0.350 e. The molecule has 0 saturated carbocycles. The van der Waals surface area contributed by atoms with Crippen LogP contribution in [0, 0.1) is 6.92 Å². The Hall–Kier alpha value is -3.89. The van der Waals surface area contributed by atoms with E-state index in [9.17, 15) is 19.5 Å². The second kappa shape index (κ2) is 9.29. The quantitative estimate of drug-likeness (QED) is 0.232. The third-order valence-corrected chi connectivity index (χ3v) is 7.16. The average Bonchev–Trinajstić information content (AvgIpc) is 3.39. The Bertz CT molecular complexity index is 1450. The summed E-state index contributed by atoms with van der Waals surface area (Å²) in [4.78, 5) is 44.5. The first kappa shape index (κ1) is 23.8. The van der Waals surface area contributed by atoms with Crippen molar-refractivity contribution in [2.24, 2.45) is 0 Å². The number of esters is 1. The van der Waals surface area contributed by atoms with Gasteiger partial charge >= 0.3 is 11.9 Å². The monoisotopic (exact) mass is 526 g/mol. The van der Waals surface area contributed by atoms with Crippen LogP contribution in [0.15, 0.2) is 48.0 Å². The Balaban J connectivity index is 1.69. The number of rotatable bonds is 4. The van der Waals surface area contributed by atoms with Crippen LogP contribution in [0.1, 0.15) is 32.5 Å². The van der Waals surface area contributed by atoms with Gasteiger partial charge in [-0.3, -0.25) is 14.5 Å². The van der Waals surface area contributed by atoms with Crippen LogP contribution in [-0.2, 0) is 14.3 Å². The Morgan fingerprint density at radius 3 is 2.64 bits per heavy atom. The first-order valence-electron chi connectivity index (χ1n) is 10.8. The SMILES string of the molecule is COC(=O)c1sc(N2C(=O)C(=O)/C(=C(/O)c3ccc4c(c3)OCCO4)[C@H]2c2cccc(Cl)c2)nc1C. The van der Waals surface area contributed by atoms with E-state index in [1.165, 1.54) is 12.0 Å². The molecule has 1 N–H and O–H groups in total. The van der Waals surface area contributed by atoms with Gasteiger partial charge in [-0.05, 0) is 42.8 Å². The lowest BCUT2D eigenvalue weighted by Crippen LogP contribution is -2.29. The number of halogens is 1. The van der Waals surface area contributed by atoms with Gasteiger partial charge in [0, 0.05) is 10.6 Å². The highest BCUT2D eigenvalue weighted by atomic mass is 35.5. The fourth-order valence-electron chi connectivity index (χ4n) is 4.14. The van der Waals surface area contributed by atoms with Crippen molar-refractivity contribution < 1.29 is 33.7 Å². The second-order valence-electron chi connectivity index (χ2n) is 7.99.